The number of aromatic nitrogens is 3. The van der Waals surface area contributed by atoms with Gasteiger partial charge in [0.2, 0.25) is 5.43 Å². The number of fused-ring (bicyclic) bond motifs is 2. The molecule has 152 valence electrons. The van der Waals surface area contributed by atoms with Crippen LogP contribution in [0.3, 0.4) is 0 Å². The highest BCUT2D eigenvalue weighted by Crippen LogP contribution is 2.33. The van der Waals surface area contributed by atoms with Gasteiger partial charge in [0.15, 0.2) is 5.65 Å². The number of para-hydroxylation sites is 1. The summed E-state index contributed by atoms with van der Waals surface area (Å²) in [5, 5.41) is 0.697. The van der Waals surface area contributed by atoms with E-state index in [-0.39, 0.29) is 22.3 Å². The normalized spacial score (nSPS) is 15.1. The van der Waals surface area contributed by atoms with Crippen LogP contribution in [0, 0.1) is 6.92 Å². The van der Waals surface area contributed by atoms with Crippen LogP contribution in [0.5, 0.6) is 0 Å². The van der Waals surface area contributed by atoms with Crippen molar-refractivity contribution in [3.8, 4) is 5.69 Å². The van der Waals surface area contributed by atoms with Gasteiger partial charge in [-0.15, -0.1) is 0 Å². The molecular formula is C24H22IN3O2. The fourth-order valence-corrected chi connectivity index (χ4v) is 5.30. The van der Waals surface area contributed by atoms with Crippen LogP contribution in [0.4, 0.5) is 0 Å². The van der Waals surface area contributed by atoms with Gasteiger partial charge < -0.3 is 0 Å². The minimum absolute atomic E-state index is 0.156. The molecule has 2 aromatic carbocycles. The Kier molecular flexibility index (Phi) is 4.97. The van der Waals surface area contributed by atoms with E-state index in [9.17, 15) is 9.59 Å². The highest BCUT2D eigenvalue weighted by Gasteiger charge is 2.25. The van der Waals surface area contributed by atoms with Gasteiger partial charge in [0.25, 0.3) is 5.56 Å². The maximum absolute atomic E-state index is 13.8. The van der Waals surface area contributed by atoms with E-state index in [0.717, 1.165) is 48.3 Å². The molecule has 0 radical (unpaired) electrons. The van der Waals surface area contributed by atoms with Crippen molar-refractivity contribution < 1.29 is 0 Å². The molecule has 0 atom stereocenters. The van der Waals surface area contributed by atoms with Gasteiger partial charge in [0, 0.05) is 11.3 Å². The first kappa shape index (κ1) is 19.5. The van der Waals surface area contributed by atoms with E-state index in [1.165, 1.54) is 6.42 Å². The summed E-state index contributed by atoms with van der Waals surface area (Å²) < 4.78 is 3.54. The van der Waals surface area contributed by atoms with Gasteiger partial charge in [-0.05, 0) is 44.0 Å². The van der Waals surface area contributed by atoms with Crippen LogP contribution in [0.1, 0.15) is 49.4 Å². The zero-order chi connectivity index (χ0) is 20.8. The number of pyridine rings is 1. The molecule has 1 fully saturated rings. The molecule has 0 saturated heterocycles. The second-order valence-electron chi connectivity index (χ2n) is 8.11. The second-order valence-corrected chi connectivity index (χ2v) is 9.07. The van der Waals surface area contributed by atoms with Crippen molar-refractivity contribution in [3.05, 3.63) is 80.5 Å². The van der Waals surface area contributed by atoms with Gasteiger partial charge in [0.1, 0.15) is 11.2 Å². The molecule has 0 unspecified atom stereocenters. The van der Waals surface area contributed by atoms with Gasteiger partial charge in [-0.3, -0.25) is 16.9 Å². The van der Waals surface area contributed by atoms with Crippen LogP contribution in [0.2, 0.25) is 0 Å². The van der Waals surface area contributed by atoms with E-state index in [4.69, 9.17) is 4.98 Å². The Morgan fingerprint density at radius 1 is 0.967 bits per heavy atom. The van der Waals surface area contributed by atoms with Gasteiger partial charge in [-0.25, -0.2) is 4.98 Å². The van der Waals surface area contributed by atoms with Crippen LogP contribution >= 0.6 is 22.9 Å². The summed E-state index contributed by atoms with van der Waals surface area (Å²) in [4.78, 5) is 32.1. The number of hydrogen-bond acceptors (Lipinski definition) is 3. The van der Waals surface area contributed by atoms with E-state index in [2.05, 4.69) is 22.9 Å². The number of halogens is 1. The Bertz CT molecular complexity index is 1380. The molecule has 1 saturated carbocycles. The van der Waals surface area contributed by atoms with Crippen LogP contribution in [0.25, 0.3) is 27.6 Å². The highest BCUT2D eigenvalue weighted by molar-refractivity contribution is 14.1. The monoisotopic (exact) mass is 511 g/mol. The zero-order valence-electron chi connectivity index (χ0n) is 16.8. The van der Waals surface area contributed by atoms with E-state index in [0.29, 0.717) is 11.0 Å². The SMILES string of the molecule is Cc1ccc(-n2c(C3CCCCC3)nc3c(c(=O)c4ccccc4n3I)c2=O)cc1. The maximum atomic E-state index is 13.8. The molecule has 0 amide bonds. The summed E-state index contributed by atoms with van der Waals surface area (Å²) in [7, 11) is 0. The lowest BCUT2D eigenvalue weighted by Gasteiger charge is -2.25. The summed E-state index contributed by atoms with van der Waals surface area (Å²) in [5.74, 6) is 0.992. The van der Waals surface area contributed by atoms with E-state index in [1.807, 2.05) is 52.2 Å². The molecule has 0 spiro atoms. The average Bonchev–Trinajstić information content (AvgIpc) is 2.78. The van der Waals surface area contributed by atoms with Crippen molar-refractivity contribution in [1.82, 2.24) is 12.3 Å². The minimum Gasteiger partial charge on any atom is -0.288 e. The van der Waals surface area contributed by atoms with Crippen molar-refractivity contribution in [2.75, 3.05) is 0 Å². The third-order valence-corrected chi connectivity index (χ3v) is 7.10. The Hall–Kier alpha value is -2.48. The molecule has 4 aromatic rings. The number of aryl methyl sites for hydroxylation is 1. The molecule has 0 aliphatic heterocycles. The van der Waals surface area contributed by atoms with E-state index >= 15 is 0 Å². The standard InChI is InChI=1S/C24H22IN3O2/c1-15-11-13-17(14-12-15)27-22(16-7-3-2-4-8-16)26-23-20(24(27)30)21(29)18-9-5-6-10-19(18)28(23)25/h5-6,9-14,16H,2-4,7-8H2,1H3. The number of benzene rings is 2. The summed E-state index contributed by atoms with van der Waals surface area (Å²) in [6, 6.07) is 15.3. The Balaban J connectivity index is 1.92. The third-order valence-electron chi connectivity index (χ3n) is 6.13. The van der Waals surface area contributed by atoms with Gasteiger partial charge >= 0.3 is 0 Å². The smallest absolute Gasteiger partial charge is 0.271 e. The fourth-order valence-electron chi connectivity index (χ4n) is 4.53. The van der Waals surface area contributed by atoms with E-state index < -0.39 is 0 Å². The van der Waals surface area contributed by atoms with Crippen LogP contribution in [0.15, 0.2) is 58.1 Å². The lowest BCUT2D eigenvalue weighted by atomic mass is 9.88. The van der Waals surface area contributed by atoms with Crippen LogP contribution in [-0.2, 0) is 0 Å². The number of rotatable bonds is 2. The van der Waals surface area contributed by atoms with Crippen molar-refractivity contribution in [1.29, 1.82) is 0 Å². The average molecular weight is 511 g/mol. The quantitative estimate of drug-likeness (QED) is 0.273. The minimum atomic E-state index is -0.273. The van der Waals surface area contributed by atoms with Gasteiger partial charge in [0.05, 0.1) is 34.1 Å². The number of hydrogen-bond donors (Lipinski definition) is 0. The van der Waals surface area contributed by atoms with Crippen LogP contribution < -0.4 is 11.0 Å². The first-order valence-electron chi connectivity index (χ1n) is 10.4. The molecule has 5 nitrogen and oxygen atoms in total. The van der Waals surface area contributed by atoms with Gasteiger partial charge in [-0.2, -0.15) is 0 Å². The molecule has 2 heterocycles. The third kappa shape index (κ3) is 3.09. The summed E-state index contributed by atoms with van der Waals surface area (Å²) in [6.45, 7) is 2.02. The predicted octanol–water partition coefficient (Wildman–Crippen LogP) is 5.25. The lowest BCUT2D eigenvalue weighted by Crippen LogP contribution is -2.30. The molecule has 1 aliphatic carbocycles. The second kappa shape index (κ2) is 7.65. The molecule has 0 bridgehead atoms. The van der Waals surface area contributed by atoms with Gasteiger partial charge in [-0.1, -0.05) is 49.1 Å². The Morgan fingerprint density at radius 3 is 2.40 bits per heavy atom. The Morgan fingerprint density at radius 2 is 1.67 bits per heavy atom. The molecule has 1 aliphatic rings. The summed E-state index contributed by atoms with van der Waals surface area (Å²) in [5.41, 5.74) is 2.62. The topological polar surface area (TPSA) is 56.9 Å². The molecule has 5 rings (SSSR count). The summed E-state index contributed by atoms with van der Waals surface area (Å²) >= 11 is 2.16. The van der Waals surface area contributed by atoms with Crippen molar-refractivity contribution >= 4 is 44.8 Å². The van der Waals surface area contributed by atoms with Crippen molar-refractivity contribution in [2.45, 2.75) is 44.9 Å². The van der Waals surface area contributed by atoms with Crippen LogP contribution in [-0.4, -0.2) is 12.3 Å². The molecule has 6 heteroatoms. The summed E-state index contributed by atoms with van der Waals surface area (Å²) in [6.07, 6.45) is 5.54. The van der Waals surface area contributed by atoms with Crippen molar-refractivity contribution in [2.24, 2.45) is 0 Å². The molecular weight excluding hydrogens is 489 g/mol. The first-order chi connectivity index (χ1) is 14.6. The first-order valence-corrected chi connectivity index (χ1v) is 11.4. The molecule has 30 heavy (non-hydrogen) atoms. The predicted molar refractivity (Wildman–Crippen MR) is 129 cm³/mol. The molecule has 0 N–H and O–H groups in total. The fraction of sp³-hybridized carbons (Fsp3) is 0.292. The molecule has 2 aromatic heterocycles. The maximum Gasteiger partial charge on any atom is 0.271 e. The Labute approximate surface area is 187 Å². The van der Waals surface area contributed by atoms with E-state index in [1.54, 1.807) is 10.6 Å². The highest BCUT2D eigenvalue weighted by atomic mass is 127. The zero-order valence-corrected chi connectivity index (χ0v) is 18.9. The number of nitrogens with zero attached hydrogens (tertiary/aromatic N) is 3. The largest absolute Gasteiger partial charge is 0.288 e. The van der Waals surface area contributed by atoms with Crippen molar-refractivity contribution in [3.63, 3.8) is 0 Å². The lowest BCUT2D eigenvalue weighted by molar-refractivity contribution is 0.422.